The molecule has 108 valence electrons. The Balaban J connectivity index is 1.91. The summed E-state index contributed by atoms with van der Waals surface area (Å²) in [6.45, 7) is 2.70. The van der Waals surface area contributed by atoms with E-state index in [2.05, 4.69) is 20.3 Å². The molecule has 0 spiro atoms. The van der Waals surface area contributed by atoms with Crippen molar-refractivity contribution in [1.29, 1.82) is 0 Å². The summed E-state index contributed by atoms with van der Waals surface area (Å²) in [5, 5.41) is 2.92. The number of nitrogens with one attached hydrogen (secondary N) is 1. The lowest BCUT2D eigenvalue weighted by Crippen LogP contribution is -2.06. The number of rotatable bonds is 4. The highest BCUT2D eigenvalue weighted by Crippen LogP contribution is 2.19. The van der Waals surface area contributed by atoms with Crippen LogP contribution >= 0.6 is 0 Å². The molecule has 2 heterocycles. The number of benzene rings is 1. The highest BCUT2D eigenvalue weighted by atomic mass is 19.1. The van der Waals surface area contributed by atoms with Crippen LogP contribution in [0.3, 0.4) is 0 Å². The summed E-state index contributed by atoms with van der Waals surface area (Å²) in [5.41, 5.74) is 1.24. The lowest BCUT2D eigenvalue weighted by atomic mass is 10.2. The molecule has 7 heteroatoms. The molecular formula is C14H13F2N5. The number of imidazole rings is 1. The minimum absolute atomic E-state index is 0.0103. The summed E-state index contributed by atoms with van der Waals surface area (Å²) in [7, 11) is 0. The molecule has 3 aromatic rings. The highest BCUT2D eigenvalue weighted by Gasteiger charge is 2.12. The van der Waals surface area contributed by atoms with Crippen LogP contribution in [0.15, 0.2) is 30.9 Å². The second-order valence-corrected chi connectivity index (χ2v) is 4.48. The van der Waals surface area contributed by atoms with E-state index in [1.807, 2.05) is 11.5 Å². The molecule has 1 aromatic carbocycles. The fourth-order valence-corrected chi connectivity index (χ4v) is 2.11. The van der Waals surface area contributed by atoms with Crippen molar-refractivity contribution in [3.05, 3.63) is 48.1 Å². The van der Waals surface area contributed by atoms with E-state index in [0.29, 0.717) is 17.0 Å². The first-order valence-corrected chi connectivity index (χ1v) is 6.53. The average molecular weight is 289 g/mol. The molecule has 0 saturated heterocycles. The van der Waals surface area contributed by atoms with E-state index >= 15 is 0 Å². The molecule has 0 amide bonds. The normalized spacial score (nSPS) is 11.0. The molecule has 0 radical (unpaired) electrons. The maximum Gasteiger partial charge on any atom is 0.165 e. The number of fused-ring (bicyclic) bond motifs is 1. The van der Waals surface area contributed by atoms with Crippen molar-refractivity contribution in [2.75, 3.05) is 5.32 Å². The van der Waals surface area contributed by atoms with Crippen molar-refractivity contribution in [3.8, 4) is 0 Å². The molecule has 3 rings (SSSR count). The monoisotopic (exact) mass is 289 g/mol. The summed E-state index contributed by atoms with van der Waals surface area (Å²) in [5.74, 6) is -0.728. The zero-order valence-electron chi connectivity index (χ0n) is 11.3. The first kappa shape index (κ1) is 13.4. The third kappa shape index (κ3) is 2.42. The molecule has 5 nitrogen and oxygen atoms in total. The summed E-state index contributed by atoms with van der Waals surface area (Å²) >= 11 is 0. The first-order chi connectivity index (χ1) is 10.2. The number of anilines is 1. The van der Waals surface area contributed by atoms with Gasteiger partial charge < -0.3 is 9.88 Å². The molecule has 0 aliphatic rings. The van der Waals surface area contributed by atoms with Gasteiger partial charge in [0, 0.05) is 18.7 Å². The van der Waals surface area contributed by atoms with Gasteiger partial charge in [0.2, 0.25) is 0 Å². The topological polar surface area (TPSA) is 55.6 Å². The lowest BCUT2D eigenvalue weighted by molar-refractivity contribution is 0.560. The van der Waals surface area contributed by atoms with Crippen LogP contribution in [0.2, 0.25) is 0 Å². The fraction of sp³-hybridized carbons (Fsp3) is 0.214. The summed E-state index contributed by atoms with van der Waals surface area (Å²) in [6, 6.07) is 3.78. The predicted molar refractivity (Wildman–Crippen MR) is 74.7 cm³/mol. The number of aryl methyl sites for hydroxylation is 1. The van der Waals surface area contributed by atoms with Gasteiger partial charge in [0.25, 0.3) is 0 Å². The van der Waals surface area contributed by atoms with E-state index in [1.165, 1.54) is 24.5 Å². The molecule has 0 atom stereocenters. The van der Waals surface area contributed by atoms with Gasteiger partial charge in [-0.1, -0.05) is 6.07 Å². The van der Waals surface area contributed by atoms with Crippen molar-refractivity contribution >= 4 is 17.0 Å². The van der Waals surface area contributed by atoms with E-state index in [4.69, 9.17) is 0 Å². The second kappa shape index (κ2) is 5.43. The van der Waals surface area contributed by atoms with Gasteiger partial charge in [-0.15, -0.1) is 0 Å². The second-order valence-electron chi connectivity index (χ2n) is 4.48. The largest absolute Gasteiger partial charge is 0.364 e. The molecule has 0 saturated carbocycles. The van der Waals surface area contributed by atoms with Crippen LogP contribution in [0.5, 0.6) is 0 Å². The van der Waals surface area contributed by atoms with Gasteiger partial charge in [-0.2, -0.15) is 0 Å². The summed E-state index contributed by atoms with van der Waals surface area (Å²) < 4.78 is 29.1. The number of aromatic nitrogens is 4. The molecule has 0 fully saturated rings. The molecule has 2 aromatic heterocycles. The third-order valence-corrected chi connectivity index (χ3v) is 3.24. The maximum atomic E-state index is 13.6. The van der Waals surface area contributed by atoms with Gasteiger partial charge in [-0.25, -0.2) is 23.7 Å². The Kier molecular flexibility index (Phi) is 3.47. The SMILES string of the molecule is CCn1cnc2c(NCc3c(F)cccc3F)ncnc21. The number of nitrogens with zero attached hydrogens (tertiary/aromatic N) is 4. The fourth-order valence-electron chi connectivity index (χ4n) is 2.11. The summed E-state index contributed by atoms with van der Waals surface area (Å²) in [6.07, 6.45) is 3.06. The van der Waals surface area contributed by atoms with Gasteiger partial charge in [0.15, 0.2) is 11.5 Å². The molecule has 0 aliphatic heterocycles. The number of hydrogen-bond acceptors (Lipinski definition) is 4. The van der Waals surface area contributed by atoms with Crippen LogP contribution in [0, 0.1) is 11.6 Å². The Morgan fingerprint density at radius 3 is 2.62 bits per heavy atom. The van der Waals surface area contributed by atoms with Crippen LogP contribution in [-0.2, 0) is 13.1 Å². The molecule has 1 N–H and O–H groups in total. The van der Waals surface area contributed by atoms with E-state index in [-0.39, 0.29) is 12.1 Å². The average Bonchev–Trinajstić information content (AvgIpc) is 2.90. The third-order valence-electron chi connectivity index (χ3n) is 3.24. The van der Waals surface area contributed by atoms with Crippen molar-refractivity contribution in [3.63, 3.8) is 0 Å². The van der Waals surface area contributed by atoms with Gasteiger partial charge in [-0.3, -0.25) is 0 Å². The molecule has 0 aliphatic carbocycles. The number of hydrogen-bond donors (Lipinski definition) is 1. The maximum absolute atomic E-state index is 13.6. The van der Waals surface area contributed by atoms with Crippen molar-refractivity contribution in [2.45, 2.75) is 20.0 Å². The van der Waals surface area contributed by atoms with Crippen molar-refractivity contribution in [1.82, 2.24) is 19.5 Å². The Labute approximate surface area is 119 Å². The van der Waals surface area contributed by atoms with E-state index in [0.717, 1.165) is 6.54 Å². The van der Waals surface area contributed by atoms with E-state index < -0.39 is 11.6 Å². The zero-order chi connectivity index (χ0) is 14.8. The van der Waals surface area contributed by atoms with E-state index in [9.17, 15) is 8.78 Å². The molecular weight excluding hydrogens is 276 g/mol. The van der Waals surface area contributed by atoms with Crippen molar-refractivity contribution < 1.29 is 8.78 Å². The van der Waals surface area contributed by atoms with Gasteiger partial charge in [-0.05, 0) is 19.1 Å². The van der Waals surface area contributed by atoms with E-state index in [1.54, 1.807) is 6.33 Å². The smallest absolute Gasteiger partial charge is 0.165 e. The highest BCUT2D eigenvalue weighted by molar-refractivity contribution is 5.82. The van der Waals surface area contributed by atoms with Gasteiger partial charge in [0.05, 0.1) is 6.33 Å². The van der Waals surface area contributed by atoms with Gasteiger partial charge >= 0.3 is 0 Å². The lowest BCUT2D eigenvalue weighted by Gasteiger charge is -2.08. The van der Waals surface area contributed by atoms with Crippen LogP contribution in [0.4, 0.5) is 14.6 Å². The van der Waals surface area contributed by atoms with Crippen LogP contribution in [0.25, 0.3) is 11.2 Å². The van der Waals surface area contributed by atoms with Crippen molar-refractivity contribution in [2.24, 2.45) is 0 Å². The van der Waals surface area contributed by atoms with Crippen LogP contribution < -0.4 is 5.32 Å². The zero-order valence-corrected chi connectivity index (χ0v) is 11.3. The van der Waals surface area contributed by atoms with Crippen LogP contribution in [-0.4, -0.2) is 19.5 Å². The summed E-state index contributed by atoms with van der Waals surface area (Å²) in [4.78, 5) is 12.5. The predicted octanol–water partition coefficient (Wildman–Crippen LogP) is 2.74. The van der Waals surface area contributed by atoms with Gasteiger partial charge in [0.1, 0.15) is 23.5 Å². The minimum Gasteiger partial charge on any atom is -0.364 e. The molecule has 21 heavy (non-hydrogen) atoms. The molecule has 0 bridgehead atoms. The Bertz CT molecular complexity index is 764. The Hall–Kier alpha value is -2.57. The first-order valence-electron chi connectivity index (χ1n) is 6.53. The standard InChI is InChI=1S/C14H13F2N5/c1-2-21-8-20-12-13(18-7-19-14(12)21)17-6-9-10(15)4-3-5-11(9)16/h3-5,7-8H,2,6H2,1H3,(H,17,18,19). The van der Waals surface area contributed by atoms with Crippen LogP contribution in [0.1, 0.15) is 12.5 Å². The Morgan fingerprint density at radius 1 is 1.14 bits per heavy atom. The minimum atomic E-state index is -0.591. The number of halogens is 2. The quantitative estimate of drug-likeness (QED) is 0.802. The molecule has 0 unspecified atom stereocenters. The Morgan fingerprint density at radius 2 is 1.90 bits per heavy atom.